The van der Waals surface area contributed by atoms with Gasteiger partial charge in [0.2, 0.25) is 0 Å². The van der Waals surface area contributed by atoms with Gasteiger partial charge >= 0.3 is 49.7 Å². The first-order valence-electron chi connectivity index (χ1n) is 4.02. The van der Waals surface area contributed by atoms with Crippen LogP contribution in [-0.4, -0.2) is 0 Å². The van der Waals surface area contributed by atoms with Gasteiger partial charge in [-0.15, -0.1) is 0 Å². The van der Waals surface area contributed by atoms with Crippen molar-refractivity contribution in [2.75, 3.05) is 0 Å². The molecule has 0 fully saturated rings. The molecule has 1 aromatic carbocycles. The molecule has 0 bridgehead atoms. The minimum atomic E-state index is 0.357. The number of hydrogen-bond acceptors (Lipinski definition) is 0. The molecule has 0 aromatic heterocycles. The first-order chi connectivity index (χ1) is 5.97. The van der Waals surface area contributed by atoms with Gasteiger partial charge in [-0.2, -0.15) is 27.8 Å². The molecule has 0 saturated carbocycles. The maximum absolute atomic E-state index is 2.41. The SMILES string of the molecule is Cc1c(C)c(C)[c-](C)c1C.[I][Os][I]. The van der Waals surface area contributed by atoms with E-state index in [9.17, 15) is 0 Å². The molecular weight excluding hydrogens is 564 g/mol. The monoisotopic (exact) mass is 581 g/mol. The standard InChI is InChI=1S/C10H15.2HI.Os/c1-6-7(2)9(4)10(5)8(6)3;;;/h1-5H3;2*1H;/q-1;;;+2/p-2. The van der Waals surface area contributed by atoms with Crippen LogP contribution in [0.1, 0.15) is 27.8 Å². The van der Waals surface area contributed by atoms with Crippen molar-refractivity contribution in [1.29, 1.82) is 0 Å². The summed E-state index contributed by atoms with van der Waals surface area (Å²) in [4.78, 5) is 0. The van der Waals surface area contributed by atoms with E-state index in [4.69, 9.17) is 0 Å². The van der Waals surface area contributed by atoms with E-state index >= 15 is 0 Å². The molecule has 0 aliphatic rings. The summed E-state index contributed by atoms with van der Waals surface area (Å²) in [5.74, 6) is 0. The van der Waals surface area contributed by atoms with Gasteiger partial charge in [0.15, 0.2) is 0 Å². The average Bonchev–Trinajstić information content (AvgIpc) is 2.25. The van der Waals surface area contributed by atoms with Gasteiger partial charge in [0, 0.05) is 0 Å². The third-order valence-corrected chi connectivity index (χ3v) is 2.81. The van der Waals surface area contributed by atoms with Crippen molar-refractivity contribution in [3.05, 3.63) is 27.8 Å². The number of hydrogen-bond donors (Lipinski definition) is 0. The molecular formula is C10H15I2Os-. The Bertz CT molecular complexity index is 197. The van der Waals surface area contributed by atoms with Crippen LogP contribution >= 0.6 is 39.3 Å². The van der Waals surface area contributed by atoms with E-state index < -0.39 is 0 Å². The Morgan fingerprint density at radius 3 is 1.23 bits per heavy atom. The summed E-state index contributed by atoms with van der Waals surface area (Å²) in [5, 5.41) is 0. The van der Waals surface area contributed by atoms with E-state index in [1.807, 2.05) is 0 Å². The molecule has 0 radical (unpaired) electrons. The van der Waals surface area contributed by atoms with E-state index in [2.05, 4.69) is 74.0 Å². The Kier molecular flexibility index (Phi) is 7.60. The molecule has 0 amide bonds. The second kappa shape index (κ2) is 6.84. The molecule has 0 saturated heterocycles. The zero-order chi connectivity index (χ0) is 10.6. The van der Waals surface area contributed by atoms with E-state index in [1.165, 1.54) is 27.8 Å². The molecule has 13 heavy (non-hydrogen) atoms. The van der Waals surface area contributed by atoms with Crippen LogP contribution in [0.2, 0.25) is 0 Å². The van der Waals surface area contributed by atoms with Crippen LogP contribution in [-0.2, 0) is 10.3 Å². The number of halogens is 2. The summed E-state index contributed by atoms with van der Waals surface area (Å²) in [6, 6.07) is 0. The fourth-order valence-corrected chi connectivity index (χ4v) is 1.41. The van der Waals surface area contributed by atoms with Gasteiger partial charge in [-0.05, 0) is 0 Å². The van der Waals surface area contributed by atoms with E-state index in [1.54, 1.807) is 0 Å². The molecule has 0 unspecified atom stereocenters. The molecule has 0 N–H and O–H groups in total. The Hall–Kier alpha value is 1.45. The first kappa shape index (κ1) is 14.4. The Morgan fingerprint density at radius 2 is 1.15 bits per heavy atom. The van der Waals surface area contributed by atoms with Crippen LogP contribution in [0.3, 0.4) is 0 Å². The quantitative estimate of drug-likeness (QED) is 0.309. The number of rotatable bonds is 0. The van der Waals surface area contributed by atoms with Crippen molar-refractivity contribution in [2.24, 2.45) is 0 Å². The van der Waals surface area contributed by atoms with Crippen molar-refractivity contribution < 1.29 is 10.3 Å². The second-order valence-corrected chi connectivity index (χ2v) is 21.7. The van der Waals surface area contributed by atoms with E-state index in [0.717, 1.165) is 0 Å². The van der Waals surface area contributed by atoms with Crippen LogP contribution < -0.4 is 0 Å². The van der Waals surface area contributed by atoms with Gasteiger partial charge in [0.05, 0.1) is 0 Å². The van der Waals surface area contributed by atoms with E-state index in [-0.39, 0.29) is 0 Å². The minimum absolute atomic E-state index is 0.357. The molecule has 0 aliphatic heterocycles. The van der Waals surface area contributed by atoms with Gasteiger partial charge in [-0.1, -0.05) is 34.6 Å². The molecule has 3 heteroatoms. The molecule has 78 valence electrons. The Morgan fingerprint density at radius 1 is 0.923 bits per heavy atom. The third-order valence-electron chi connectivity index (χ3n) is 2.81. The van der Waals surface area contributed by atoms with Gasteiger partial charge in [-0.3, -0.25) is 0 Å². The predicted octanol–water partition coefficient (Wildman–Crippen LogP) is 4.72. The van der Waals surface area contributed by atoms with Crippen LogP contribution in [0.25, 0.3) is 0 Å². The van der Waals surface area contributed by atoms with Crippen LogP contribution in [0.15, 0.2) is 0 Å². The van der Waals surface area contributed by atoms with Crippen LogP contribution in [0, 0.1) is 34.6 Å². The molecule has 0 atom stereocenters. The van der Waals surface area contributed by atoms with Gasteiger partial charge in [0.1, 0.15) is 0 Å². The second-order valence-electron chi connectivity index (χ2n) is 3.18. The fraction of sp³-hybridized carbons (Fsp3) is 0.500. The molecule has 0 aliphatic carbocycles. The molecule has 0 heterocycles. The zero-order valence-electron chi connectivity index (χ0n) is 8.61. The van der Waals surface area contributed by atoms with Gasteiger partial charge in [-0.25, -0.2) is 0 Å². The first-order valence-corrected chi connectivity index (χ1v) is 18.4. The van der Waals surface area contributed by atoms with Crippen molar-refractivity contribution >= 4 is 39.3 Å². The molecule has 0 nitrogen and oxygen atoms in total. The summed E-state index contributed by atoms with van der Waals surface area (Å²) < 4.78 is 0. The zero-order valence-corrected chi connectivity index (χ0v) is 15.5. The summed E-state index contributed by atoms with van der Waals surface area (Å²) in [7, 11) is 0.357. The fourth-order valence-electron chi connectivity index (χ4n) is 1.41. The molecule has 1 rings (SSSR count). The third kappa shape index (κ3) is 3.83. The van der Waals surface area contributed by atoms with Crippen molar-refractivity contribution in [3.63, 3.8) is 0 Å². The van der Waals surface area contributed by atoms with Crippen LogP contribution in [0.4, 0.5) is 0 Å². The Balaban J connectivity index is 0.000000424. The van der Waals surface area contributed by atoms with Crippen molar-refractivity contribution in [3.8, 4) is 0 Å². The van der Waals surface area contributed by atoms with Gasteiger partial charge < -0.3 is 0 Å². The van der Waals surface area contributed by atoms with E-state index in [0.29, 0.717) is 10.3 Å². The summed E-state index contributed by atoms with van der Waals surface area (Å²) in [6.07, 6.45) is 0. The predicted molar refractivity (Wildman–Crippen MR) is 73.8 cm³/mol. The average molecular weight is 579 g/mol. The molecule has 0 spiro atoms. The normalized spacial score (nSPS) is 9.77. The Labute approximate surface area is 111 Å². The summed E-state index contributed by atoms with van der Waals surface area (Å²) in [6.45, 7) is 11.0. The van der Waals surface area contributed by atoms with Crippen LogP contribution in [0.5, 0.6) is 0 Å². The van der Waals surface area contributed by atoms with Crippen molar-refractivity contribution in [2.45, 2.75) is 34.6 Å². The van der Waals surface area contributed by atoms with Crippen molar-refractivity contribution in [1.82, 2.24) is 0 Å². The van der Waals surface area contributed by atoms with Gasteiger partial charge in [0.25, 0.3) is 0 Å². The maximum atomic E-state index is 2.41. The topological polar surface area (TPSA) is 0 Å². The summed E-state index contributed by atoms with van der Waals surface area (Å²) in [5.41, 5.74) is 7.34. The summed E-state index contributed by atoms with van der Waals surface area (Å²) >= 11 is 4.83. The molecule has 1 aromatic rings.